The van der Waals surface area contributed by atoms with Crippen molar-refractivity contribution >= 4 is 13.0 Å². The molecule has 0 spiro atoms. The quantitative estimate of drug-likeness (QED) is 0.584. The normalized spacial score (nSPS) is 33.7. The Morgan fingerprint density at radius 1 is 1.28 bits per heavy atom. The van der Waals surface area contributed by atoms with E-state index in [9.17, 15) is 4.79 Å². The molecule has 1 heterocycles. The summed E-state index contributed by atoms with van der Waals surface area (Å²) in [5, 5.41) is 3.05. The van der Waals surface area contributed by atoms with Crippen molar-refractivity contribution in [2.75, 3.05) is 6.54 Å². The Morgan fingerprint density at radius 2 is 1.97 bits per heavy atom. The number of quaternary nitrogens is 1. The zero-order chi connectivity index (χ0) is 20.1. The molecule has 4 N–H and O–H groups in total. The summed E-state index contributed by atoms with van der Waals surface area (Å²) in [5.41, 5.74) is 5.17. The van der Waals surface area contributed by atoms with E-state index in [1.54, 1.807) is 0 Å². The molecule has 5 nitrogen and oxygen atoms in total. The molecule has 2 bridgehead atoms. The highest BCUT2D eigenvalue weighted by molar-refractivity contribution is 6.47. The lowest BCUT2D eigenvalue weighted by atomic mass is 9.43. The monoisotopic (exact) mass is 420 g/mol. The number of halogens is 1. The maximum absolute atomic E-state index is 12.1. The standard InChI is InChI=1S/C22H33BN2O3.ClH/c1-14(24)20(26)25-13-17(10-15-8-6-5-7-9-15)23-27-19-12-16-11-18(21(16,2)3)22(19,4)28-23;/h5-9,14,16-19H,10-13,24H2,1-4H3,(H,25,26);1H/t14-,16-,17?,18-,19+,22-;/m0./s1. The van der Waals surface area contributed by atoms with E-state index in [-0.39, 0.29) is 49.0 Å². The van der Waals surface area contributed by atoms with Gasteiger partial charge in [-0.05, 0) is 55.9 Å². The highest BCUT2D eigenvalue weighted by Gasteiger charge is 2.68. The molecule has 1 aromatic carbocycles. The molecule has 1 saturated heterocycles. The van der Waals surface area contributed by atoms with Crippen LogP contribution in [0.5, 0.6) is 0 Å². The average Bonchev–Trinajstić information content (AvgIpc) is 3.02. The summed E-state index contributed by atoms with van der Waals surface area (Å²) in [4.78, 5) is 12.1. The van der Waals surface area contributed by atoms with Gasteiger partial charge in [-0.25, -0.2) is 0 Å². The van der Waals surface area contributed by atoms with E-state index >= 15 is 0 Å². The fourth-order valence-corrected chi connectivity index (χ4v) is 5.69. The molecule has 29 heavy (non-hydrogen) atoms. The van der Waals surface area contributed by atoms with Gasteiger partial charge in [-0.1, -0.05) is 44.2 Å². The predicted octanol–water partition coefficient (Wildman–Crippen LogP) is -0.922. The molecular formula is C22H34BClN2O3. The van der Waals surface area contributed by atoms with Crippen LogP contribution in [0.4, 0.5) is 0 Å². The molecule has 3 aliphatic carbocycles. The molecule has 4 aliphatic rings. The Labute approximate surface area is 181 Å². The van der Waals surface area contributed by atoms with Crippen LogP contribution in [0.1, 0.15) is 46.1 Å². The molecule has 160 valence electrons. The summed E-state index contributed by atoms with van der Waals surface area (Å²) >= 11 is 0. The second-order valence-corrected chi connectivity index (χ2v) is 9.93. The minimum atomic E-state index is -0.286. The van der Waals surface area contributed by atoms with E-state index in [2.05, 4.69) is 56.1 Å². The molecule has 1 aromatic rings. The Morgan fingerprint density at radius 3 is 2.59 bits per heavy atom. The van der Waals surface area contributed by atoms with E-state index < -0.39 is 0 Å². The molecule has 1 unspecified atom stereocenters. The van der Waals surface area contributed by atoms with E-state index in [0.29, 0.717) is 17.9 Å². The average molecular weight is 421 g/mol. The molecule has 0 aromatic heterocycles. The van der Waals surface area contributed by atoms with Crippen LogP contribution in [0.25, 0.3) is 0 Å². The van der Waals surface area contributed by atoms with Crippen LogP contribution in [-0.2, 0) is 20.5 Å². The SMILES string of the molecule is C[C@H]([NH3+])C(=O)NCC(Cc1ccccc1)B1O[C@@H]2C[C@@H]3C[C@@H](C3(C)C)[C@]2(C)O1.[Cl-]. The van der Waals surface area contributed by atoms with Crippen LogP contribution in [0.2, 0.25) is 5.82 Å². The van der Waals surface area contributed by atoms with Crippen molar-refractivity contribution in [2.45, 2.75) is 70.5 Å². The molecule has 1 aliphatic heterocycles. The molecular weight excluding hydrogens is 387 g/mol. The van der Waals surface area contributed by atoms with Crippen LogP contribution in [0.3, 0.4) is 0 Å². The number of amides is 1. The Hall–Kier alpha value is -1.08. The summed E-state index contributed by atoms with van der Waals surface area (Å²) in [6.07, 6.45) is 3.30. The van der Waals surface area contributed by atoms with Gasteiger partial charge >= 0.3 is 7.12 Å². The fraction of sp³-hybridized carbons (Fsp3) is 0.682. The zero-order valence-electron chi connectivity index (χ0n) is 18.0. The largest absolute Gasteiger partial charge is 1.00 e. The molecule has 0 radical (unpaired) electrons. The van der Waals surface area contributed by atoms with E-state index in [0.717, 1.165) is 18.8 Å². The number of hydrogen-bond acceptors (Lipinski definition) is 3. The highest BCUT2D eigenvalue weighted by atomic mass is 35.5. The number of carbonyl (C=O) groups is 1. The van der Waals surface area contributed by atoms with Gasteiger partial charge in [-0.15, -0.1) is 0 Å². The summed E-state index contributed by atoms with van der Waals surface area (Å²) in [6.45, 7) is 9.35. The minimum Gasteiger partial charge on any atom is -1.00 e. The van der Waals surface area contributed by atoms with Crippen molar-refractivity contribution in [1.82, 2.24) is 5.32 Å². The van der Waals surface area contributed by atoms with Gasteiger partial charge in [0.15, 0.2) is 6.04 Å². The third-order valence-electron chi connectivity index (χ3n) is 7.68. The van der Waals surface area contributed by atoms with E-state index in [1.807, 2.05) is 13.0 Å². The van der Waals surface area contributed by atoms with Gasteiger partial charge in [0, 0.05) is 12.4 Å². The first-order valence-corrected chi connectivity index (χ1v) is 10.7. The Balaban J connectivity index is 0.00000240. The van der Waals surface area contributed by atoms with Crippen LogP contribution < -0.4 is 23.5 Å². The number of rotatable bonds is 6. The molecule has 7 heteroatoms. The van der Waals surface area contributed by atoms with Gasteiger partial charge < -0.3 is 32.8 Å². The first-order chi connectivity index (χ1) is 13.2. The first-order valence-electron chi connectivity index (χ1n) is 10.7. The van der Waals surface area contributed by atoms with Crippen LogP contribution in [0, 0.1) is 17.3 Å². The topological polar surface area (TPSA) is 75.2 Å². The van der Waals surface area contributed by atoms with Crippen molar-refractivity contribution in [3.8, 4) is 0 Å². The molecule has 5 rings (SSSR count). The number of hydrogen-bond donors (Lipinski definition) is 2. The van der Waals surface area contributed by atoms with Gasteiger partial charge in [-0.2, -0.15) is 0 Å². The number of nitrogens with one attached hydrogen (secondary N) is 1. The maximum atomic E-state index is 12.1. The van der Waals surface area contributed by atoms with Gasteiger partial charge in [0.25, 0.3) is 5.91 Å². The second-order valence-electron chi connectivity index (χ2n) is 9.93. The molecule has 6 atom stereocenters. The third kappa shape index (κ3) is 3.97. The number of benzene rings is 1. The van der Waals surface area contributed by atoms with Crippen molar-refractivity contribution in [3.05, 3.63) is 35.9 Å². The molecule has 1 amide bonds. The maximum Gasteiger partial charge on any atom is 0.463 e. The predicted molar refractivity (Wildman–Crippen MR) is 109 cm³/mol. The van der Waals surface area contributed by atoms with Gasteiger partial charge in [-0.3, -0.25) is 4.79 Å². The number of carbonyl (C=O) groups excluding carboxylic acids is 1. The van der Waals surface area contributed by atoms with Crippen molar-refractivity contribution in [2.24, 2.45) is 17.3 Å². The van der Waals surface area contributed by atoms with Crippen molar-refractivity contribution in [3.63, 3.8) is 0 Å². The van der Waals surface area contributed by atoms with Crippen LogP contribution in [0.15, 0.2) is 30.3 Å². The molecule has 4 fully saturated rings. The van der Waals surface area contributed by atoms with E-state index in [4.69, 9.17) is 9.31 Å². The zero-order valence-corrected chi connectivity index (χ0v) is 18.7. The summed E-state index contributed by atoms with van der Waals surface area (Å²) < 4.78 is 13.2. The Bertz CT molecular complexity index is 732. The lowest BCUT2D eigenvalue weighted by molar-refractivity contribution is -0.398. The van der Waals surface area contributed by atoms with E-state index in [1.165, 1.54) is 12.0 Å². The fourth-order valence-electron chi connectivity index (χ4n) is 5.69. The van der Waals surface area contributed by atoms with Gasteiger partial charge in [0.05, 0.1) is 11.7 Å². The van der Waals surface area contributed by atoms with Gasteiger partial charge in [0.1, 0.15) is 0 Å². The first kappa shape index (κ1) is 22.6. The highest BCUT2D eigenvalue weighted by Crippen LogP contribution is 2.66. The summed E-state index contributed by atoms with van der Waals surface area (Å²) in [6, 6.07) is 10.1. The summed E-state index contributed by atoms with van der Waals surface area (Å²) in [5.74, 6) is 1.33. The smallest absolute Gasteiger partial charge is 0.463 e. The van der Waals surface area contributed by atoms with Crippen LogP contribution in [-0.4, -0.2) is 37.3 Å². The van der Waals surface area contributed by atoms with Crippen LogP contribution >= 0.6 is 0 Å². The van der Waals surface area contributed by atoms with Crippen molar-refractivity contribution in [1.29, 1.82) is 0 Å². The Kier molecular flexibility index (Phi) is 6.41. The molecule has 3 saturated carbocycles. The third-order valence-corrected chi connectivity index (χ3v) is 7.68. The minimum absolute atomic E-state index is 0. The lowest BCUT2D eigenvalue weighted by Crippen LogP contribution is -3.00. The summed E-state index contributed by atoms with van der Waals surface area (Å²) in [7, 11) is -0.286. The van der Waals surface area contributed by atoms with Crippen molar-refractivity contribution < 1.29 is 32.2 Å². The van der Waals surface area contributed by atoms with Gasteiger partial charge in [0.2, 0.25) is 0 Å². The second kappa shape index (κ2) is 8.22. The lowest BCUT2D eigenvalue weighted by Gasteiger charge is -2.64.